The van der Waals surface area contributed by atoms with Gasteiger partial charge in [-0.25, -0.2) is 9.67 Å². The molecule has 3 heterocycles. The van der Waals surface area contributed by atoms with Crippen LogP contribution in [-0.2, 0) is 0 Å². The molecule has 0 aliphatic heterocycles. The van der Waals surface area contributed by atoms with Gasteiger partial charge in [-0.15, -0.1) is 0 Å². The number of hydrogen-bond donors (Lipinski definition) is 1. The highest BCUT2D eigenvalue weighted by atomic mass is 15.3. The highest BCUT2D eigenvalue weighted by molar-refractivity contribution is 5.92. The number of aromatic amines is 1. The number of H-pyrrole nitrogens is 1. The second-order valence-corrected chi connectivity index (χ2v) is 5.08. The second kappa shape index (κ2) is 6.16. The Morgan fingerprint density at radius 2 is 2.30 bits per heavy atom. The third-order valence-electron chi connectivity index (χ3n) is 3.46. The topological polar surface area (TPSA) is 70.3 Å². The molecule has 3 aromatic rings. The summed E-state index contributed by atoms with van der Waals surface area (Å²) in [5.74, 6) is 0. The highest BCUT2D eigenvalue weighted by Gasteiger charge is 2.08. The largest absolute Gasteiger partial charge is 0.346 e. The molecule has 0 atom stereocenters. The molecular formula is C18H15N5. The molecule has 5 heteroatoms. The molecule has 0 radical (unpaired) electrons. The van der Waals surface area contributed by atoms with Crippen LogP contribution in [0, 0.1) is 11.3 Å². The van der Waals surface area contributed by atoms with E-state index in [1.807, 2.05) is 30.6 Å². The third-order valence-corrected chi connectivity index (χ3v) is 3.46. The van der Waals surface area contributed by atoms with Crippen molar-refractivity contribution >= 4 is 16.7 Å². The van der Waals surface area contributed by atoms with Crippen molar-refractivity contribution in [3.63, 3.8) is 0 Å². The molecule has 0 aliphatic carbocycles. The van der Waals surface area contributed by atoms with Gasteiger partial charge in [-0.3, -0.25) is 0 Å². The lowest BCUT2D eigenvalue weighted by Crippen LogP contribution is -1.92. The van der Waals surface area contributed by atoms with Gasteiger partial charge in [-0.1, -0.05) is 12.7 Å². The molecule has 1 N–H and O–H groups in total. The van der Waals surface area contributed by atoms with Crippen molar-refractivity contribution < 1.29 is 0 Å². The van der Waals surface area contributed by atoms with Crippen LogP contribution < -0.4 is 0 Å². The van der Waals surface area contributed by atoms with Crippen LogP contribution in [-0.4, -0.2) is 19.7 Å². The number of rotatable bonds is 4. The zero-order valence-electron chi connectivity index (χ0n) is 12.7. The lowest BCUT2D eigenvalue weighted by Gasteiger charge is -2.00. The van der Waals surface area contributed by atoms with Crippen molar-refractivity contribution in [1.29, 1.82) is 5.26 Å². The maximum atomic E-state index is 8.72. The summed E-state index contributed by atoms with van der Waals surface area (Å²) in [5, 5.41) is 14.1. The fourth-order valence-electron chi connectivity index (χ4n) is 2.25. The van der Waals surface area contributed by atoms with E-state index < -0.39 is 0 Å². The van der Waals surface area contributed by atoms with Gasteiger partial charge in [0.25, 0.3) is 0 Å². The van der Waals surface area contributed by atoms with Gasteiger partial charge in [0, 0.05) is 35.1 Å². The molecular weight excluding hydrogens is 286 g/mol. The smallest absolute Gasteiger partial charge is 0.137 e. The summed E-state index contributed by atoms with van der Waals surface area (Å²) in [4.78, 5) is 7.39. The SMILES string of the molecule is C=C(/C=C\C=C(/C)C#N)n1cc(-c2ccnc3[nH]ccc23)cn1. The molecule has 0 fully saturated rings. The van der Waals surface area contributed by atoms with E-state index >= 15 is 0 Å². The first-order valence-corrected chi connectivity index (χ1v) is 7.10. The van der Waals surface area contributed by atoms with Gasteiger partial charge in [-0.2, -0.15) is 10.4 Å². The minimum Gasteiger partial charge on any atom is -0.346 e. The van der Waals surface area contributed by atoms with E-state index in [0.717, 1.165) is 27.9 Å². The lowest BCUT2D eigenvalue weighted by molar-refractivity contribution is 0.913. The minimum absolute atomic E-state index is 0.641. The number of aromatic nitrogens is 4. The third kappa shape index (κ3) is 2.97. The van der Waals surface area contributed by atoms with E-state index in [1.165, 1.54) is 0 Å². The summed E-state index contributed by atoms with van der Waals surface area (Å²) < 4.78 is 1.71. The molecule has 0 unspecified atom stereocenters. The number of pyridine rings is 1. The number of nitriles is 1. The van der Waals surface area contributed by atoms with Gasteiger partial charge in [0.2, 0.25) is 0 Å². The first-order chi connectivity index (χ1) is 11.2. The molecule has 5 nitrogen and oxygen atoms in total. The van der Waals surface area contributed by atoms with Gasteiger partial charge in [-0.05, 0) is 36.8 Å². The van der Waals surface area contributed by atoms with Crippen LogP contribution in [0.1, 0.15) is 6.92 Å². The van der Waals surface area contributed by atoms with Gasteiger partial charge in [0.05, 0.1) is 18.0 Å². The predicted octanol–water partition coefficient (Wildman–Crippen LogP) is 3.92. The highest BCUT2D eigenvalue weighted by Crippen LogP contribution is 2.26. The molecule has 0 saturated heterocycles. The fraction of sp³-hybridized carbons (Fsp3) is 0.0556. The Labute approximate surface area is 133 Å². The summed E-state index contributed by atoms with van der Waals surface area (Å²) >= 11 is 0. The van der Waals surface area contributed by atoms with Crippen LogP contribution in [0.3, 0.4) is 0 Å². The Balaban J connectivity index is 1.88. The molecule has 0 aliphatic rings. The van der Waals surface area contributed by atoms with E-state index in [0.29, 0.717) is 5.57 Å². The summed E-state index contributed by atoms with van der Waals surface area (Å²) in [6, 6.07) is 6.03. The van der Waals surface area contributed by atoms with E-state index in [1.54, 1.807) is 36.2 Å². The fourth-order valence-corrected chi connectivity index (χ4v) is 2.25. The van der Waals surface area contributed by atoms with Crippen molar-refractivity contribution in [2.75, 3.05) is 0 Å². The van der Waals surface area contributed by atoms with Crippen LogP contribution in [0.25, 0.3) is 27.9 Å². The summed E-state index contributed by atoms with van der Waals surface area (Å²) in [5.41, 5.74) is 4.28. The zero-order chi connectivity index (χ0) is 16.2. The molecule has 0 bridgehead atoms. The van der Waals surface area contributed by atoms with Gasteiger partial charge in [0.15, 0.2) is 0 Å². The van der Waals surface area contributed by atoms with E-state index in [2.05, 4.69) is 27.7 Å². The monoisotopic (exact) mass is 301 g/mol. The van der Waals surface area contributed by atoms with Crippen LogP contribution >= 0.6 is 0 Å². The van der Waals surface area contributed by atoms with Gasteiger partial charge >= 0.3 is 0 Å². The molecule has 3 rings (SSSR count). The summed E-state index contributed by atoms with van der Waals surface area (Å²) in [7, 11) is 0. The van der Waals surface area contributed by atoms with Crippen molar-refractivity contribution in [2.24, 2.45) is 0 Å². The molecule has 0 aromatic carbocycles. The Morgan fingerprint density at radius 1 is 1.43 bits per heavy atom. The van der Waals surface area contributed by atoms with Crippen LogP contribution in [0.2, 0.25) is 0 Å². The average Bonchev–Trinajstić information content (AvgIpc) is 3.23. The predicted molar refractivity (Wildman–Crippen MR) is 91.2 cm³/mol. The maximum Gasteiger partial charge on any atom is 0.137 e. The zero-order valence-corrected chi connectivity index (χ0v) is 12.7. The quantitative estimate of drug-likeness (QED) is 0.586. The van der Waals surface area contributed by atoms with E-state index in [9.17, 15) is 0 Å². The van der Waals surface area contributed by atoms with Crippen LogP contribution in [0.15, 0.2) is 67.3 Å². The molecule has 3 aromatic heterocycles. The van der Waals surface area contributed by atoms with Crippen molar-refractivity contribution in [2.45, 2.75) is 6.92 Å². The van der Waals surface area contributed by atoms with Crippen LogP contribution in [0.5, 0.6) is 0 Å². The molecule has 0 spiro atoms. The second-order valence-electron chi connectivity index (χ2n) is 5.08. The van der Waals surface area contributed by atoms with Crippen LogP contribution in [0.4, 0.5) is 0 Å². The molecule has 112 valence electrons. The number of allylic oxidation sites excluding steroid dienone is 5. The number of hydrogen-bond acceptors (Lipinski definition) is 3. The number of nitrogens with one attached hydrogen (secondary N) is 1. The number of fused-ring (bicyclic) bond motifs is 1. The van der Waals surface area contributed by atoms with Crippen molar-refractivity contribution in [3.05, 3.63) is 67.3 Å². The lowest BCUT2D eigenvalue weighted by atomic mass is 10.1. The Kier molecular flexibility index (Phi) is 3.89. The van der Waals surface area contributed by atoms with Crippen molar-refractivity contribution in [1.82, 2.24) is 19.7 Å². The van der Waals surface area contributed by atoms with E-state index in [4.69, 9.17) is 5.26 Å². The maximum absolute atomic E-state index is 8.72. The number of nitrogens with zero attached hydrogens (tertiary/aromatic N) is 4. The summed E-state index contributed by atoms with van der Waals surface area (Å²) in [6.45, 7) is 5.74. The Bertz CT molecular complexity index is 963. The van der Waals surface area contributed by atoms with Gasteiger partial charge < -0.3 is 4.98 Å². The molecule has 0 amide bonds. The average molecular weight is 301 g/mol. The normalized spacial score (nSPS) is 11.9. The first kappa shape index (κ1) is 14.5. The summed E-state index contributed by atoms with van der Waals surface area (Å²) in [6.07, 6.45) is 12.7. The standard InChI is InChI=1S/C18H15N5/c1-13(10-19)4-3-5-14(2)23-12-15(11-22-23)16-6-8-20-18-17(16)7-9-21-18/h3-9,11-12H,2H2,1H3,(H,20,21)/b5-3-,13-4+. The molecule has 0 saturated carbocycles. The minimum atomic E-state index is 0.641. The Hall–Kier alpha value is -3.39. The van der Waals surface area contributed by atoms with Crippen molar-refractivity contribution in [3.8, 4) is 17.2 Å². The first-order valence-electron chi connectivity index (χ1n) is 7.10. The Morgan fingerprint density at radius 3 is 3.13 bits per heavy atom. The molecule has 23 heavy (non-hydrogen) atoms. The van der Waals surface area contributed by atoms with Gasteiger partial charge in [0.1, 0.15) is 5.65 Å². The van der Waals surface area contributed by atoms with E-state index in [-0.39, 0.29) is 0 Å².